The largest absolute Gasteiger partial charge is 0.453 e. The lowest BCUT2D eigenvalue weighted by Crippen LogP contribution is -2.36. The van der Waals surface area contributed by atoms with Crippen LogP contribution >= 0.6 is 24.0 Å². The Labute approximate surface area is 210 Å². The molecule has 0 aliphatic carbocycles. The summed E-state index contributed by atoms with van der Waals surface area (Å²) in [4.78, 5) is 21.7. The number of guanidine groups is 1. The Morgan fingerprint density at radius 3 is 2.30 bits per heavy atom. The summed E-state index contributed by atoms with van der Waals surface area (Å²) in [6, 6.07) is 15.6. The fraction of sp³-hybridized carbons (Fsp3) is 0.208. The first kappa shape index (κ1) is 26.0. The smallest absolute Gasteiger partial charge is 0.253 e. The third kappa shape index (κ3) is 7.70. The van der Waals surface area contributed by atoms with Crippen LogP contribution in [0.1, 0.15) is 21.5 Å². The Morgan fingerprint density at radius 2 is 1.73 bits per heavy atom. The standard InChI is InChI=1S/C24H26FN5O2.HI/c1-26-24(28-14-17-6-9-19(10-7-17)23(31)30(2)3)29-15-18-8-11-22(21(25)13-18)32-20-5-4-12-27-16-20;/h4-13,16H,14-15H2,1-3H3,(H2,26,28,29);1H. The normalized spacial score (nSPS) is 10.7. The molecule has 0 aliphatic rings. The highest BCUT2D eigenvalue weighted by Crippen LogP contribution is 2.24. The fourth-order valence-electron chi connectivity index (χ4n) is 2.89. The van der Waals surface area contributed by atoms with Crippen molar-refractivity contribution in [2.45, 2.75) is 13.1 Å². The Hall–Kier alpha value is -3.21. The lowest BCUT2D eigenvalue weighted by atomic mass is 10.1. The van der Waals surface area contributed by atoms with Gasteiger partial charge in [0.05, 0.1) is 6.20 Å². The van der Waals surface area contributed by atoms with E-state index in [4.69, 9.17) is 4.74 Å². The van der Waals surface area contributed by atoms with Crippen LogP contribution in [0.5, 0.6) is 11.5 Å². The van der Waals surface area contributed by atoms with Crippen LogP contribution in [0.25, 0.3) is 0 Å². The molecule has 1 aromatic heterocycles. The summed E-state index contributed by atoms with van der Waals surface area (Å²) in [6.45, 7) is 0.919. The van der Waals surface area contributed by atoms with Gasteiger partial charge in [0.2, 0.25) is 0 Å². The Kier molecular flexibility index (Phi) is 10.0. The van der Waals surface area contributed by atoms with Gasteiger partial charge in [0.15, 0.2) is 17.5 Å². The summed E-state index contributed by atoms with van der Waals surface area (Å²) < 4.78 is 19.9. The summed E-state index contributed by atoms with van der Waals surface area (Å²) in [5.74, 6) is 0.700. The van der Waals surface area contributed by atoms with Crippen LogP contribution in [0.2, 0.25) is 0 Å². The van der Waals surface area contributed by atoms with Gasteiger partial charge in [-0.2, -0.15) is 0 Å². The molecular formula is C24H27FIN5O2. The highest BCUT2D eigenvalue weighted by atomic mass is 127. The molecule has 0 saturated heterocycles. The van der Waals surface area contributed by atoms with E-state index in [0.717, 1.165) is 11.1 Å². The van der Waals surface area contributed by atoms with E-state index in [1.54, 1.807) is 68.6 Å². The van der Waals surface area contributed by atoms with E-state index in [2.05, 4.69) is 20.6 Å². The number of pyridine rings is 1. The number of carbonyl (C=O) groups excluding carboxylic acids is 1. The molecule has 0 fully saturated rings. The zero-order chi connectivity index (χ0) is 22.9. The van der Waals surface area contributed by atoms with Gasteiger partial charge in [-0.3, -0.25) is 14.8 Å². The van der Waals surface area contributed by atoms with Crippen LogP contribution in [0.3, 0.4) is 0 Å². The van der Waals surface area contributed by atoms with Crippen LogP contribution in [0.4, 0.5) is 4.39 Å². The topological polar surface area (TPSA) is 78.9 Å². The van der Waals surface area contributed by atoms with Crippen molar-refractivity contribution in [3.63, 3.8) is 0 Å². The van der Waals surface area contributed by atoms with Crippen LogP contribution in [-0.2, 0) is 13.1 Å². The minimum absolute atomic E-state index is 0. The molecule has 2 N–H and O–H groups in total. The summed E-state index contributed by atoms with van der Waals surface area (Å²) in [5.41, 5.74) is 2.39. The second-order valence-electron chi connectivity index (χ2n) is 7.23. The van der Waals surface area contributed by atoms with Gasteiger partial charge in [-0.1, -0.05) is 18.2 Å². The molecule has 3 rings (SSSR count). The van der Waals surface area contributed by atoms with Gasteiger partial charge in [0, 0.05) is 46.0 Å². The van der Waals surface area contributed by atoms with Crippen molar-refractivity contribution >= 4 is 35.8 Å². The van der Waals surface area contributed by atoms with Crippen molar-refractivity contribution in [2.75, 3.05) is 21.1 Å². The Balaban J connectivity index is 0.00000385. The fourth-order valence-corrected chi connectivity index (χ4v) is 2.89. The highest BCUT2D eigenvalue weighted by Gasteiger charge is 2.09. The first-order chi connectivity index (χ1) is 15.5. The van der Waals surface area contributed by atoms with Crippen molar-refractivity contribution < 1.29 is 13.9 Å². The minimum atomic E-state index is -0.455. The van der Waals surface area contributed by atoms with E-state index in [-0.39, 0.29) is 35.6 Å². The number of amides is 1. The van der Waals surface area contributed by atoms with Crippen molar-refractivity contribution in [3.8, 4) is 11.5 Å². The third-order valence-corrected chi connectivity index (χ3v) is 4.61. The predicted molar refractivity (Wildman–Crippen MR) is 138 cm³/mol. The SMILES string of the molecule is CN=C(NCc1ccc(C(=O)N(C)C)cc1)NCc1ccc(Oc2cccnc2)c(F)c1.I. The van der Waals surface area contributed by atoms with Gasteiger partial charge < -0.3 is 20.3 Å². The van der Waals surface area contributed by atoms with E-state index >= 15 is 0 Å². The van der Waals surface area contributed by atoms with E-state index in [1.165, 1.54) is 12.3 Å². The molecule has 0 radical (unpaired) electrons. The van der Waals surface area contributed by atoms with Crippen LogP contribution in [0.15, 0.2) is 72.0 Å². The Bertz CT molecular complexity index is 1080. The second kappa shape index (κ2) is 12.7. The highest BCUT2D eigenvalue weighted by molar-refractivity contribution is 14.0. The molecular weight excluding hydrogens is 536 g/mol. The monoisotopic (exact) mass is 563 g/mol. The third-order valence-electron chi connectivity index (χ3n) is 4.61. The first-order valence-electron chi connectivity index (χ1n) is 10.1. The van der Waals surface area contributed by atoms with Crippen LogP contribution in [0, 0.1) is 5.82 Å². The molecule has 0 spiro atoms. The number of aliphatic imine (C=N–C) groups is 1. The molecule has 33 heavy (non-hydrogen) atoms. The summed E-state index contributed by atoms with van der Waals surface area (Å²) in [6.07, 6.45) is 3.15. The number of ether oxygens (including phenoxy) is 1. The van der Waals surface area contributed by atoms with E-state index in [9.17, 15) is 9.18 Å². The zero-order valence-corrected chi connectivity index (χ0v) is 21.0. The number of hydrogen-bond acceptors (Lipinski definition) is 4. The van der Waals surface area contributed by atoms with Gasteiger partial charge >= 0.3 is 0 Å². The number of nitrogens with one attached hydrogen (secondary N) is 2. The maximum atomic E-state index is 14.4. The lowest BCUT2D eigenvalue weighted by Gasteiger charge is -2.14. The molecule has 0 unspecified atom stereocenters. The minimum Gasteiger partial charge on any atom is -0.453 e. The van der Waals surface area contributed by atoms with E-state index < -0.39 is 5.82 Å². The van der Waals surface area contributed by atoms with Gasteiger partial charge in [-0.15, -0.1) is 24.0 Å². The summed E-state index contributed by atoms with van der Waals surface area (Å²) in [5, 5.41) is 6.36. The first-order valence-corrected chi connectivity index (χ1v) is 10.1. The molecule has 7 nitrogen and oxygen atoms in total. The molecule has 2 aromatic carbocycles. The van der Waals surface area contributed by atoms with Crippen LogP contribution < -0.4 is 15.4 Å². The molecule has 1 heterocycles. The molecule has 0 aliphatic heterocycles. The molecule has 9 heteroatoms. The van der Waals surface area contributed by atoms with Crippen molar-refractivity contribution in [3.05, 3.63) is 89.5 Å². The van der Waals surface area contributed by atoms with Crippen molar-refractivity contribution in [1.82, 2.24) is 20.5 Å². The van der Waals surface area contributed by atoms with Crippen molar-refractivity contribution in [1.29, 1.82) is 0 Å². The average molecular weight is 563 g/mol. The number of carbonyl (C=O) groups is 1. The number of benzene rings is 2. The molecule has 174 valence electrons. The molecule has 0 saturated carbocycles. The van der Waals surface area contributed by atoms with Gasteiger partial charge in [-0.25, -0.2) is 4.39 Å². The number of aromatic nitrogens is 1. The molecule has 3 aromatic rings. The lowest BCUT2D eigenvalue weighted by molar-refractivity contribution is 0.0827. The zero-order valence-electron chi connectivity index (χ0n) is 18.7. The molecule has 0 bridgehead atoms. The molecule has 1 amide bonds. The predicted octanol–water partition coefficient (Wildman–Crippen LogP) is 4.20. The summed E-state index contributed by atoms with van der Waals surface area (Å²) >= 11 is 0. The maximum absolute atomic E-state index is 14.4. The summed E-state index contributed by atoms with van der Waals surface area (Å²) in [7, 11) is 5.11. The van der Waals surface area contributed by atoms with Gasteiger partial charge in [-0.05, 0) is 47.5 Å². The molecule has 0 atom stereocenters. The maximum Gasteiger partial charge on any atom is 0.253 e. The number of hydrogen-bond donors (Lipinski definition) is 2. The Morgan fingerprint density at radius 1 is 1.06 bits per heavy atom. The van der Waals surface area contributed by atoms with E-state index in [0.29, 0.717) is 30.4 Å². The van der Waals surface area contributed by atoms with Crippen LogP contribution in [-0.4, -0.2) is 42.9 Å². The van der Waals surface area contributed by atoms with Crippen molar-refractivity contribution in [2.24, 2.45) is 4.99 Å². The number of halogens is 2. The average Bonchev–Trinajstić information content (AvgIpc) is 2.81. The second-order valence-corrected chi connectivity index (χ2v) is 7.23. The van der Waals surface area contributed by atoms with Gasteiger partial charge in [0.25, 0.3) is 5.91 Å². The quantitative estimate of drug-likeness (QED) is 0.256. The van der Waals surface area contributed by atoms with Gasteiger partial charge in [0.1, 0.15) is 5.75 Å². The number of nitrogens with zero attached hydrogens (tertiary/aromatic N) is 3. The number of rotatable bonds is 7. The van der Waals surface area contributed by atoms with E-state index in [1.807, 2.05) is 12.1 Å².